The number of aromatic nitrogens is 2. The van der Waals surface area contributed by atoms with Gasteiger partial charge in [0.25, 0.3) is 0 Å². The van der Waals surface area contributed by atoms with Crippen LogP contribution in [0.4, 0.5) is 5.82 Å². The van der Waals surface area contributed by atoms with E-state index < -0.39 is 0 Å². The molecule has 0 saturated carbocycles. The van der Waals surface area contributed by atoms with E-state index >= 15 is 0 Å². The molecule has 1 aromatic carbocycles. The lowest BCUT2D eigenvalue weighted by molar-refractivity contribution is 0.249. The smallest absolute Gasteiger partial charge is 0.141 e. The summed E-state index contributed by atoms with van der Waals surface area (Å²) in [5.41, 5.74) is 5.74. The monoisotopic (exact) mass is 406 g/mol. The molecule has 0 bridgehead atoms. The molecule has 1 atom stereocenters. The van der Waals surface area contributed by atoms with Crippen molar-refractivity contribution in [3.63, 3.8) is 0 Å². The van der Waals surface area contributed by atoms with Crippen LogP contribution in [0.5, 0.6) is 0 Å². The molecule has 2 aromatic heterocycles. The maximum absolute atomic E-state index is 4.77. The highest BCUT2D eigenvalue weighted by Crippen LogP contribution is 2.40. The Morgan fingerprint density at radius 1 is 1.10 bits per heavy atom. The zero-order valence-corrected chi connectivity index (χ0v) is 18.6. The number of hydrogen-bond donors (Lipinski definition) is 0. The fourth-order valence-electron chi connectivity index (χ4n) is 4.89. The van der Waals surface area contributed by atoms with E-state index in [1.54, 1.807) is 11.2 Å². The van der Waals surface area contributed by atoms with E-state index in [-0.39, 0.29) is 0 Å². The number of hydrogen-bond acceptors (Lipinski definition) is 5. The van der Waals surface area contributed by atoms with E-state index in [4.69, 9.17) is 4.98 Å². The van der Waals surface area contributed by atoms with Crippen LogP contribution in [0, 0.1) is 19.8 Å². The first-order valence-corrected chi connectivity index (χ1v) is 11.7. The average molecular weight is 407 g/mol. The van der Waals surface area contributed by atoms with Gasteiger partial charge in [-0.15, -0.1) is 11.3 Å². The van der Waals surface area contributed by atoms with Crippen LogP contribution in [-0.4, -0.2) is 41.0 Å². The van der Waals surface area contributed by atoms with Crippen molar-refractivity contribution in [3.05, 3.63) is 51.7 Å². The molecule has 29 heavy (non-hydrogen) atoms. The summed E-state index contributed by atoms with van der Waals surface area (Å²) in [5, 5.41) is 1.35. The Bertz CT molecular complexity index is 1030. The number of thiophene rings is 1. The molecular weight excluding hydrogens is 376 g/mol. The quantitative estimate of drug-likeness (QED) is 0.628. The molecule has 2 aliphatic rings. The lowest BCUT2D eigenvalue weighted by Gasteiger charge is -2.36. The molecule has 4 nitrogen and oxygen atoms in total. The number of rotatable bonds is 3. The number of anilines is 1. The van der Waals surface area contributed by atoms with E-state index in [0.717, 1.165) is 38.6 Å². The van der Waals surface area contributed by atoms with Gasteiger partial charge in [0.15, 0.2) is 0 Å². The van der Waals surface area contributed by atoms with Crippen molar-refractivity contribution in [2.75, 3.05) is 31.1 Å². The summed E-state index contributed by atoms with van der Waals surface area (Å²) < 4.78 is 0. The highest BCUT2D eigenvalue weighted by atomic mass is 32.1. The maximum atomic E-state index is 4.77. The van der Waals surface area contributed by atoms with Crippen molar-refractivity contribution in [1.29, 1.82) is 0 Å². The summed E-state index contributed by atoms with van der Waals surface area (Å²) >= 11 is 1.90. The minimum absolute atomic E-state index is 0.767. The van der Waals surface area contributed by atoms with Gasteiger partial charge in [0.05, 0.1) is 5.39 Å². The Hall–Kier alpha value is -1.98. The zero-order valence-electron chi connectivity index (χ0n) is 17.7. The first-order chi connectivity index (χ1) is 14.1. The Kier molecular flexibility index (Phi) is 5.04. The number of benzene rings is 1. The predicted octanol–water partition coefficient (Wildman–Crippen LogP) is 4.76. The third kappa shape index (κ3) is 3.66. The van der Waals surface area contributed by atoms with E-state index in [9.17, 15) is 0 Å². The molecule has 3 heterocycles. The number of piperazine rings is 1. The summed E-state index contributed by atoms with van der Waals surface area (Å²) in [6.07, 6.45) is 5.47. The molecule has 5 rings (SSSR count). The molecule has 0 radical (unpaired) electrons. The Labute approximate surface area is 177 Å². The van der Waals surface area contributed by atoms with Crippen LogP contribution in [0.25, 0.3) is 10.2 Å². The summed E-state index contributed by atoms with van der Waals surface area (Å²) in [5.74, 6) is 1.94. The normalized spacial score (nSPS) is 20.2. The third-order valence-corrected chi connectivity index (χ3v) is 7.83. The minimum atomic E-state index is 0.767. The predicted molar refractivity (Wildman–Crippen MR) is 122 cm³/mol. The topological polar surface area (TPSA) is 32.3 Å². The van der Waals surface area contributed by atoms with Gasteiger partial charge in [0.2, 0.25) is 0 Å². The molecule has 1 aliphatic carbocycles. The first-order valence-electron chi connectivity index (χ1n) is 10.9. The van der Waals surface area contributed by atoms with E-state index in [1.807, 2.05) is 11.3 Å². The van der Waals surface area contributed by atoms with Gasteiger partial charge in [0.1, 0.15) is 17.0 Å². The minimum Gasteiger partial charge on any atom is -0.353 e. The first kappa shape index (κ1) is 19.0. The molecule has 1 aliphatic heterocycles. The second-order valence-electron chi connectivity index (χ2n) is 8.92. The molecule has 0 N–H and O–H groups in total. The summed E-state index contributed by atoms with van der Waals surface area (Å²) in [7, 11) is 0. The van der Waals surface area contributed by atoms with Gasteiger partial charge in [-0.1, -0.05) is 30.7 Å². The van der Waals surface area contributed by atoms with Crippen LogP contribution in [0.15, 0.2) is 24.5 Å². The Balaban J connectivity index is 1.34. The fraction of sp³-hybridized carbons (Fsp3) is 0.500. The maximum Gasteiger partial charge on any atom is 0.141 e. The van der Waals surface area contributed by atoms with Crippen LogP contribution in [-0.2, 0) is 19.4 Å². The highest BCUT2D eigenvalue weighted by molar-refractivity contribution is 7.19. The number of aryl methyl sites for hydroxylation is 3. The van der Waals surface area contributed by atoms with Crippen molar-refractivity contribution in [1.82, 2.24) is 14.9 Å². The largest absolute Gasteiger partial charge is 0.353 e. The third-order valence-electron chi connectivity index (χ3n) is 6.63. The Morgan fingerprint density at radius 2 is 1.93 bits per heavy atom. The summed E-state index contributed by atoms with van der Waals surface area (Å²) in [6.45, 7) is 12.1. The van der Waals surface area contributed by atoms with Crippen LogP contribution >= 0.6 is 11.3 Å². The van der Waals surface area contributed by atoms with E-state index in [2.05, 4.69) is 53.8 Å². The average Bonchev–Trinajstić information content (AvgIpc) is 3.09. The van der Waals surface area contributed by atoms with Gasteiger partial charge in [-0.3, -0.25) is 4.90 Å². The molecule has 3 aromatic rings. The van der Waals surface area contributed by atoms with Gasteiger partial charge in [-0.05, 0) is 55.7 Å². The van der Waals surface area contributed by atoms with Crippen LogP contribution < -0.4 is 4.90 Å². The molecule has 5 heteroatoms. The summed E-state index contributed by atoms with van der Waals surface area (Å²) in [4.78, 5) is 17.2. The van der Waals surface area contributed by atoms with Gasteiger partial charge in [-0.25, -0.2) is 9.97 Å². The van der Waals surface area contributed by atoms with Crippen LogP contribution in [0.1, 0.15) is 40.5 Å². The second-order valence-corrected chi connectivity index (χ2v) is 10.0. The fourth-order valence-corrected chi connectivity index (χ4v) is 6.07. The second kappa shape index (κ2) is 7.69. The summed E-state index contributed by atoms with van der Waals surface area (Å²) in [6, 6.07) is 6.82. The zero-order chi connectivity index (χ0) is 20.0. The standard InChI is InChI=1S/C24H30N4S/c1-16-4-6-19(18(3)12-16)14-27-8-10-28(11-9-27)23-22-20-13-17(2)5-7-21(20)29-24(22)26-15-25-23/h4,6,12,15,17H,5,7-11,13-14H2,1-3H3. The van der Waals surface area contributed by atoms with Gasteiger partial charge in [-0.2, -0.15) is 0 Å². The number of fused-ring (bicyclic) bond motifs is 3. The molecule has 1 unspecified atom stereocenters. The highest BCUT2D eigenvalue weighted by Gasteiger charge is 2.26. The van der Waals surface area contributed by atoms with Crippen molar-refractivity contribution in [3.8, 4) is 0 Å². The van der Waals surface area contributed by atoms with Crippen molar-refractivity contribution in [2.24, 2.45) is 5.92 Å². The van der Waals surface area contributed by atoms with Crippen molar-refractivity contribution < 1.29 is 0 Å². The molecule has 0 spiro atoms. The van der Waals surface area contributed by atoms with Gasteiger partial charge in [0, 0.05) is 37.6 Å². The SMILES string of the molecule is Cc1ccc(CN2CCN(c3ncnc4sc5c(c34)CC(C)CC5)CC2)c(C)c1. The Morgan fingerprint density at radius 3 is 2.72 bits per heavy atom. The van der Waals surface area contributed by atoms with Crippen molar-refractivity contribution in [2.45, 2.75) is 46.6 Å². The van der Waals surface area contributed by atoms with E-state index in [1.165, 1.54) is 57.6 Å². The molecular formula is C24H30N4S. The molecule has 1 saturated heterocycles. The molecule has 0 amide bonds. The number of nitrogens with zero attached hydrogens (tertiary/aromatic N) is 4. The molecule has 1 fully saturated rings. The lowest BCUT2D eigenvalue weighted by atomic mass is 9.88. The van der Waals surface area contributed by atoms with Crippen molar-refractivity contribution >= 4 is 27.4 Å². The lowest BCUT2D eigenvalue weighted by Crippen LogP contribution is -2.46. The van der Waals surface area contributed by atoms with Crippen LogP contribution in [0.2, 0.25) is 0 Å². The van der Waals surface area contributed by atoms with Gasteiger partial charge < -0.3 is 4.90 Å². The van der Waals surface area contributed by atoms with Gasteiger partial charge >= 0.3 is 0 Å². The molecule has 152 valence electrons. The van der Waals surface area contributed by atoms with E-state index in [0.29, 0.717) is 0 Å². The van der Waals surface area contributed by atoms with Crippen LogP contribution in [0.3, 0.4) is 0 Å².